The third kappa shape index (κ3) is 2.77. The zero-order valence-corrected chi connectivity index (χ0v) is 15.5. The Morgan fingerprint density at radius 2 is 2.24 bits per heavy atom. The van der Waals surface area contributed by atoms with E-state index in [2.05, 4.69) is 25.9 Å². The lowest BCUT2D eigenvalue weighted by molar-refractivity contribution is 0.318. The lowest BCUT2D eigenvalue weighted by Gasteiger charge is -2.05. The average molecular weight is 418 g/mol. The monoisotopic (exact) mass is 417 g/mol. The van der Waals surface area contributed by atoms with Gasteiger partial charge in [-0.15, -0.1) is 0 Å². The predicted octanol–water partition coefficient (Wildman–Crippen LogP) is 2.72. The van der Waals surface area contributed by atoms with Crippen molar-refractivity contribution < 1.29 is 9.84 Å². The molecular weight excluding hydrogens is 406 g/mol. The van der Waals surface area contributed by atoms with Gasteiger partial charge < -0.3 is 9.84 Å². The number of pyridine rings is 1. The Labute approximate surface area is 154 Å². The summed E-state index contributed by atoms with van der Waals surface area (Å²) in [4.78, 5) is 22.1. The van der Waals surface area contributed by atoms with Gasteiger partial charge in [-0.25, -0.2) is 14.4 Å². The third-order valence-corrected chi connectivity index (χ3v) is 5.03. The van der Waals surface area contributed by atoms with Gasteiger partial charge in [-0.05, 0) is 52.7 Å². The van der Waals surface area contributed by atoms with Gasteiger partial charge in [0, 0.05) is 10.7 Å². The number of thiazole rings is 1. The van der Waals surface area contributed by atoms with Crippen molar-refractivity contribution >= 4 is 49.5 Å². The lowest BCUT2D eigenvalue weighted by atomic mass is 10.2. The highest BCUT2D eigenvalue weighted by Gasteiger charge is 2.12. The molecule has 0 atom stereocenters. The number of ether oxygens (including phenoxy) is 1. The molecule has 0 bridgehead atoms. The molecule has 0 aliphatic carbocycles. The van der Waals surface area contributed by atoms with Crippen LogP contribution < -0.4 is 14.8 Å². The molecule has 0 unspecified atom stereocenters. The second kappa shape index (κ2) is 6.12. The summed E-state index contributed by atoms with van der Waals surface area (Å²) in [7, 11) is 0. The molecule has 6 nitrogen and oxygen atoms in total. The molecular formula is C17H12BrN3O3S. The summed E-state index contributed by atoms with van der Waals surface area (Å²) >= 11 is 4.65. The standard InChI is InChI=1S/C17H12BrN3O3S/c1-2-24-13-5-9(3-4-12(13)22)6-14-16(23)21-15-11(20-17(21)25-14)7-10(18)8-19-15/h3-8,22H,2H2,1H3. The fraction of sp³-hybridized carbons (Fsp3) is 0.118. The van der Waals surface area contributed by atoms with E-state index in [-0.39, 0.29) is 11.3 Å². The molecule has 25 heavy (non-hydrogen) atoms. The molecule has 4 aromatic rings. The van der Waals surface area contributed by atoms with Crippen molar-refractivity contribution in [1.29, 1.82) is 0 Å². The Morgan fingerprint density at radius 3 is 3.04 bits per heavy atom. The number of hydrogen-bond acceptors (Lipinski definition) is 6. The summed E-state index contributed by atoms with van der Waals surface area (Å²) in [5.41, 5.74) is 1.82. The SMILES string of the molecule is CCOc1cc(C=c2sc3nc4cc(Br)cnc4n3c2=O)ccc1O. The fourth-order valence-corrected chi connectivity index (χ4v) is 3.85. The third-order valence-electron chi connectivity index (χ3n) is 3.63. The maximum atomic E-state index is 12.7. The first-order valence-electron chi connectivity index (χ1n) is 7.51. The van der Waals surface area contributed by atoms with Gasteiger partial charge in [-0.2, -0.15) is 0 Å². The minimum absolute atomic E-state index is 0.0723. The number of fused-ring (bicyclic) bond motifs is 3. The predicted molar refractivity (Wildman–Crippen MR) is 100 cm³/mol. The number of aromatic hydroxyl groups is 1. The molecule has 8 heteroatoms. The lowest BCUT2D eigenvalue weighted by Crippen LogP contribution is -2.22. The highest BCUT2D eigenvalue weighted by Crippen LogP contribution is 2.27. The highest BCUT2D eigenvalue weighted by molar-refractivity contribution is 9.10. The van der Waals surface area contributed by atoms with Crippen LogP contribution in [-0.2, 0) is 0 Å². The zero-order valence-electron chi connectivity index (χ0n) is 13.1. The highest BCUT2D eigenvalue weighted by atomic mass is 79.9. The van der Waals surface area contributed by atoms with Gasteiger partial charge in [0.05, 0.1) is 11.1 Å². The number of halogens is 1. The van der Waals surface area contributed by atoms with Crippen LogP contribution in [-0.4, -0.2) is 26.1 Å². The molecule has 0 amide bonds. The van der Waals surface area contributed by atoms with Crippen molar-refractivity contribution in [2.45, 2.75) is 6.92 Å². The molecule has 1 aromatic carbocycles. The number of rotatable bonds is 3. The van der Waals surface area contributed by atoms with Crippen LogP contribution in [0.2, 0.25) is 0 Å². The largest absolute Gasteiger partial charge is 0.504 e. The normalized spacial score (nSPS) is 12.3. The van der Waals surface area contributed by atoms with E-state index in [9.17, 15) is 9.90 Å². The number of imidazole rings is 1. The summed E-state index contributed by atoms with van der Waals surface area (Å²) in [6, 6.07) is 6.81. The smallest absolute Gasteiger partial charge is 0.276 e. The number of aromatic nitrogens is 3. The van der Waals surface area contributed by atoms with E-state index in [1.807, 2.05) is 13.0 Å². The van der Waals surface area contributed by atoms with Gasteiger partial charge in [0.15, 0.2) is 22.1 Å². The Morgan fingerprint density at radius 1 is 1.40 bits per heavy atom. The van der Waals surface area contributed by atoms with Crippen LogP contribution in [0.4, 0.5) is 0 Å². The molecule has 3 heterocycles. The van der Waals surface area contributed by atoms with Crippen molar-refractivity contribution in [2.24, 2.45) is 0 Å². The van der Waals surface area contributed by atoms with Gasteiger partial charge in [-0.1, -0.05) is 17.4 Å². The molecule has 0 aliphatic heterocycles. The van der Waals surface area contributed by atoms with Gasteiger partial charge in [-0.3, -0.25) is 4.79 Å². The van der Waals surface area contributed by atoms with Crippen molar-refractivity contribution in [1.82, 2.24) is 14.4 Å². The molecule has 3 aromatic heterocycles. The van der Waals surface area contributed by atoms with Crippen molar-refractivity contribution in [3.05, 3.63) is 55.4 Å². The van der Waals surface area contributed by atoms with E-state index in [1.54, 1.807) is 30.5 Å². The Bertz CT molecular complexity index is 1220. The first-order valence-corrected chi connectivity index (χ1v) is 9.12. The molecule has 4 rings (SSSR count). The molecule has 0 radical (unpaired) electrons. The van der Waals surface area contributed by atoms with E-state index in [0.29, 0.717) is 33.0 Å². The van der Waals surface area contributed by atoms with Crippen molar-refractivity contribution in [3.8, 4) is 11.5 Å². The maximum Gasteiger partial charge on any atom is 0.276 e. The van der Waals surface area contributed by atoms with Crippen LogP contribution in [0, 0.1) is 0 Å². The first-order chi connectivity index (χ1) is 12.1. The molecule has 1 N–H and O–H groups in total. The van der Waals surface area contributed by atoms with Crippen LogP contribution in [0.5, 0.6) is 11.5 Å². The van der Waals surface area contributed by atoms with E-state index in [1.165, 1.54) is 15.7 Å². The molecule has 0 fully saturated rings. The Balaban J connectivity index is 1.90. The van der Waals surface area contributed by atoms with E-state index in [4.69, 9.17) is 4.74 Å². The molecule has 0 aliphatic rings. The second-order valence-corrected chi connectivity index (χ2v) is 7.23. The Hall–Kier alpha value is -2.45. The number of nitrogens with zero attached hydrogens (tertiary/aromatic N) is 3. The van der Waals surface area contributed by atoms with Crippen LogP contribution in [0.3, 0.4) is 0 Å². The van der Waals surface area contributed by atoms with Crippen LogP contribution >= 0.6 is 27.3 Å². The maximum absolute atomic E-state index is 12.7. The van der Waals surface area contributed by atoms with Gasteiger partial charge in [0.25, 0.3) is 5.56 Å². The quantitative estimate of drug-likeness (QED) is 0.554. The van der Waals surface area contributed by atoms with E-state index in [0.717, 1.165) is 10.0 Å². The number of hydrogen-bond donors (Lipinski definition) is 1. The summed E-state index contributed by atoms with van der Waals surface area (Å²) in [6.07, 6.45) is 3.40. The first kappa shape index (κ1) is 16.0. The van der Waals surface area contributed by atoms with Gasteiger partial charge in [0.1, 0.15) is 5.52 Å². The molecule has 0 spiro atoms. The zero-order chi connectivity index (χ0) is 17.6. The van der Waals surface area contributed by atoms with E-state index < -0.39 is 0 Å². The molecule has 126 valence electrons. The summed E-state index contributed by atoms with van der Waals surface area (Å²) in [5, 5.41) is 9.78. The Kier molecular flexibility index (Phi) is 3.93. The number of benzene rings is 1. The minimum atomic E-state index is -0.164. The topological polar surface area (TPSA) is 76.7 Å². The number of phenolic OH excluding ortho intramolecular Hbond substituents is 1. The minimum Gasteiger partial charge on any atom is -0.504 e. The summed E-state index contributed by atoms with van der Waals surface area (Å²) in [5.74, 6) is 0.463. The summed E-state index contributed by atoms with van der Waals surface area (Å²) < 4.78 is 8.26. The van der Waals surface area contributed by atoms with Gasteiger partial charge >= 0.3 is 0 Å². The number of phenols is 1. The summed E-state index contributed by atoms with van der Waals surface area (Å²) in [6.45, 7) is 2.29. The van der Waals surface area contributed by atoms with Crippen LogP contribution in [0.15, 0.2) is 39.7 Å². The second-order valence-electron chi connectivity index (χ2n) is 5.30. The van der Waals surface area contributed by atoms with Crippen LogP contribution in [0.1, 0.15) is 12.5 Å². The van der Waals surface area contributed by atoms with Crippen molar-refractivity contribution in [3.63, 3.8) is 0 Å². The van der Waals surface area contributed by atoms with E-state index >= 15 is 0 Å². The van der Waals surface area contributed by atoms with Crippen molar-refractivity contribution in [2.75, 3.05) is 6.61 Å². The average Bonchev–Trinajstić information content (AvgIpc) is 3.07. The van der Waals surface area contributed by atoms with Gasteiger partial charge in [0.2, 0.25) is 0 Å². The van der Waals surface area contributed by atoms with Crippen LogP contribution in [0.25, 0.3) is 22.2 Å². The molecule has 0 saturated heterocycles. The molecule has 0 saturated carbocycles. The fourth-order valence-electron chi connectivity index (χ4n) is 2.56.